The first kappa shape index (κ1) is 16.7. The lowest BCUT2D eigenvalue weighted by Gasteiger charge is -2.18. The van der Waals surface area contributed by atoms with E-state index < -0.39 is 5.92 Å². The average molecular weight is 367 g/mol. The third kappa shape index (κ3) is 3.52. The lowest BCUT2D eigenvalue weighted by atomic mass is 10.1. The van der Waals surface area contributed by atoms with E-state index in [0.717, 1.165) is 0 Å². The van der Waals surface area contributed by atoms with Gasteiger partial charge in [0.05, 0.1) is 16.6 Å². The molecule has 1 atom stereocenters. The molecule has 7 heteroatoms. The Bertz CT molecular complexity index is 796. The third-order valence-corrected chi connectivity index (χ3v) is 4.36. The number of benzene rings is 2. The van der Waals surface area contributed by atoms with Crippen LogP contribution in [-0.2, 0) is 9.59 Å². The van der Waals surface area contributed by atoms with Gasteiger partial charge in [-0.25, -0.2) is 4.39 Å². The molecule has 1 aliphatic rings. The summed E-state index contributed by atoms with van der Waals surface area (Å²) in [5, 5.41) is 3.54. The number of hydrogen-bond acceptors (Lipinski definition) is 2. The van der Waals surface area contributed by atoms with Gasteiger partial charge in [0, 0.05) is 23.7 Å². The van der Waals surface area contributed by atoms with Crippen LogP contribution in [0.2, 0.25) is 10.0 Å². The molecule has 0 spiro atoms. The SMILES string of the molecule is O=C(Nc1ccc(F)cc1)[C@H]1CC(=O)N(c2cc(Cl)ccc2Cl)C1. The van der Waals surface area contributed by atoms with Crippen LogP contribution in [0.4, 0.5) is 15.8 Å². The van der Waals surface area contributed by atoms with Crippen molar-refractivity contribution in [3.63, 3.8) is 0 Å². The molecule has 124 valence electrons. The number of anilines is 2. The van der Waals surface area contributed by atoms with Gasteiger partial charge in [0.25, 0.3) is 0 Å². The highest BCUT2D eigenvalue weighted by atomic mass is 35.5. The maximum atomic E-state index is 12.9. The molecule has 0 unspecified atom stereocenters. The second-order valence-electron chi connectivity index (χ2n) is 5.50. The number of carbonyl (C=O) groups is 2. The molecule has 3 rings (SSSR count). The van der Waals surface area contributed by atoms with Crippen molar-refractivity contribution in [1.82, 2.24) is 0 Å². The molecule has 2 amide bonds. The maximum absolute atomic E-state index is 12.9. The van der Waals surface area contributed by atoms with E-state index in [4.69, 9.17) is 23.2 Å². The molecule has 2 aromatic carbocycles. The van der Waals surface area contributed by atoms with Gasteiger partial charge in [-0.3, -0.25) is 9.59 Å². The first-order chi connectivity index (χ1) is 11.4. The Morgan fingerprint density at radius 2 is 1.88 bits per heavy atom. The van der Waals surface area contributed by atoms with Crippen LogP contribution in [0.25, 0.3) is 0 Å². The quantitative estimate of drug-likeness (QED) is 0.887. The van der Waals surface area contributed by atoms with Crippen LogP contribution in [0.3, 0.4) is 0 Å². The second kappa shape index (κ2) is 6.79. The van der Waals surface area contributed by atoms with Crippen LogP contribution in [0, 0.1) is 11.7 Å². The van der Waals surface area contributed by atoms with Crippen LogP contribution < -0.4 is 10.2 Å². The van der Waals surface area contributed by atoms with Crippen LogP contribution in [-0.4, -0.2) is 18.4 Å². The Morgan fingerprint density at radius 1 is 1.17 bits per heavy atom. The molecule has 0 aromatic heterocycles. The van der Waals surface area contributed by atoms with E-state index in [-0.39, 0.29) is 30.6 Å². The summed E-state index contributed by atoms with van der Waals surface area (Å²) in [7, 11) is 0. The fraction of sp³-hybridized carbons (Fsp3) is 0.176. The van der Waals surface area contributed by atoms with Crippen molar-refractivity contribution in [2.24, 2.45) is 5.92 Å². The molecular weight excluding hydrogens is 354 g/mol. The number of hydrogen-bond donors (Lipinski definition) is 1. The molecule has 1 N–H and O–H groups in total. The zero-order valence-electron chi connectivity index (χ0n) is 12.4. The Labute approximate surface area is 148 Å². The monoisotopic (exact) mass is 366 g/mol. The zero-order valence-corrected chi connectivity index (χ0v) is 13.9. The number of amides is 2. The highest BCUT2D eigenvalue weighted by molar-refractivity contribution is 6.36. The predicted molar refractivity (Wildman–Crippen MR) is 92.0 cm³/mol. The molecule has 2 aromatic rings. The van der Waals surface area contributed by atoms with Crippen molar-refractivity contribution in [2.75, 3.05) is 16.8 Å². The summed E-state index contributed by atoms with van der Waals surface area (Å²) in [6, 6.07) is 10.3. The summed E-state index contributed by atoms with van der Waals surface area (Å²) in [5.41, 5.74) is 0.972. The van der Waals surface area contributed by atoms with Crippen LogP contribution in [0.15, 0.2) is 42.5 Å². The summed E-state index contributed by atoms with van der Waals surface area (Å²) in [6.07, 6.45) is 0.0792. The topological polar surface area (TPSA) is 49.4 Å². The van der Waals surface area contributed by atoms with E-state index in [2.05, 4.69) is 5.32 Å². The standard InChI is InChI=1S/C17H13Cl2FN2O2/c18-11-1-6-14(19)15(8-11)22-9-10(7-16(22)23)17(24)21-13-4-2-12(20)3-5-13/h1-6,8,10H,7,9H2,(H,21,24)/t10-/m0/s1. The maximum Gasteiger partial charge on any atom is 0.229 e. The summed E-state index contributed by atoms with van der Waals surface area (Å²) >= 11 is 12.1. The van der Waals surface area contributed by atoms with Gasteiger partial charge in [-0.15, -0.1) is 0 Å². The fourth-order valence-corrected chi connectivity index (χ4v) is 2.97. The molecule has 1 aliphatic heterocycles. The van der Waals surface area contributed by atoms with Crippen LogP contribution in [0.1, 0.15) is 6.42 Å². The van der Waals surface area contributed by atoms with E-state index in [1.165, 1.54) is 29.2 Å². The zero-order chi connectivity index (χ0) is 17.3. The van der Waals surface area contributed by atoms with Crippen LogP contribution >= 0.6 is 23.2 Å². The van der Waals surface area contributed by atoms with Gasteiger partial charge in [0.1, 0.15) is 5.82 Å². The van der Waals surface area contributed by atoms with Crippen molar-refractivity contribution in [2.45, 2.75) is 6.42 Å². The molecule has 0 bridgehead atoms. The summed E-state index contributed by atoms with van der Waals surface area (Å²) in [6.45, 7) is 0.214. The van der Waals surface area contributed by atoms with Gasteiger partial charge in [-0.1, -0.05) is 23.2 Å². The van der Waals surface area contributed by atoms with E-state index in [9.17, 15) is 14.0 Å². The van der Waals surface area contributed by atoms with Gasteiger partial charge >= 0.3 is 0 Å². The molecule has 1 fully saturated rings. The van der Waals surface area contributed by atoms with E-state index >= 15 is 0 Å². The Kier molecular flexibility index (Phi) is 4.73. The van der Waals surface area contributed by atoms with Gasteiger partial charge in [0.2, 0.25) is 11.8 Å². The smallest absolute Gasteiger partial charge is 0.229 e. The first-order valence-corrected chi connectivity index (χ1v) is 8.01. The summed E-state index contributed by atoms with van der Waals surface area (Å²) < 4.78 is 12.9. The van der Waals surface area contributed by atoms with E-state index in [1.807, 2.05) is 0 Å². The molecular formula is C17H13Cl2FN2O2. The number of rotatable bonds is 3. The number of nitrogens with zero attached hydrogens (tertiary/aromatic N) is 1. The van der Waals surface area contributed by atoms with Crippen LogP contribution in [0.5, 0.6) is 0 Å². The van der Waals surface area contributed by atoms with Crippen molar-refractivity contribution in [1.29, 1.82) is 0 Å². The minimum Gasteiger partial charge on any atom is -0.326 e. The molecule has 24 heavy (non-hydrogen) atoms. The van der Waals surface area contributed by atoms with Crippen molar-refractivity contribution in [3.8, 4) is 0 Å². The van der Waals surface area contributed by atoms with Crippen molar-refractivity contribution in [3.05, 3.63) is 58.3 Å². The Hall–Kier alpha value is -2.11. The lowest BCUT2D eigenvalue weighted by molar-refractivity contribution is -0.122. The highest BCUT2D eigenvalue weighted by Crippen LogP contribution is 2.33. The van der Waals surface area contributed by atoms with Crippen molar-refractivity contribution < 1.29 is 14.0 Å². The lowest BCUT2D eigenvalue weighted by Crippen LogP contribution is -2.28. The Morgan fingerprint density at radius 3 is 2.58 bits per heavy atom. The normalized spacial score (nSPS) is 17.2. The highest BCUT2D eigenvalue weighted by Gasteiger charge is 2.36. The molecule has 0 aliphatic carbocycles. The van der Waals surface area contributed by atoms with Gasteiger partial charge in [-0.2, -0.15) is 0 Å². The van der Waals surface area contributed by atoms with Gasteiger partial charge in [-0.05, 0) is 42.5 Å². The average Bonchev–Trinajstić information content (AvgIpc) is 2.94. The molecule has 1 heterocycles. The Balaban J connectivity index is 1.73. The molecule has 4 nitrogen and oxygen atoms in total. The van der Waals surface area contributed by atoms with Gasteiger partial charge < -0.3 is 10.2 Å². The summed E-state index contributed by atoms with van der Waals surface area (Å²) in [4.78, 5) is 26.0. The van der Waals surface area contributed by atoms with Crippen molar-refractivity contribution >= 4 is 46.4 Å². The molecule has 0 saturated carbocycles. The number of carbonyl (C=O) groups excluding carboxylic acids is 2. The fourth-order valence-electron chi connectivity index (χ4n) is 2.59. The molecule has 0 radical (unpaired) electrons. The number of halogens is 3. The number of nitrogens with one attached hydrogen (secondary N) is 1. The minimum absolute atomic E-state index is 0.0792. The third-order valence-electron chi connectivity index (χ3n) is 3.81. The largest absolute Gasteiger partial charge is 0.326 e. The minimum atomic E-state index is -0.516. The molecule has 1 saturated heterocycles. The van der Waals surface area contributed by atoms with E-state index in [1.54, 1.807) is 18.2 Å². The summed E-state index contributed by atoms with van der Waals surface area (Å²) in [5.74, 6) is -1.39. The first-order valence-electron chi connectivity index (χ1n) is 7.26. The van der Waals surface area contributed by atoms with E-state index in [0.29, 0.717) is 21.4 Å². The predicted octanol–water partition coefficient (Wildman–Crippen LogP) is 4.12. The van der Waals surface area contributed by atoms with Gasteiger partial charge in [0.15, 0.2) is 0 Å². The second-order valence-corrected chi connectivity index (χ2v) is 6.34.